The number of hydrogen-bond donors (Lipinski definition) is 1. The van der Waals surface area contributed by atoms with Gasteiger partial charge in [-0.05, 0) is 13.2 Å². The molecular formula is C9H17NO2S. The zero-order chi connectivity index (χ0) is 10.3. The van der Waals surface area contributed by atoms with Crippen molar-refractivity contribution in [3.8, 4) is 0 Å². The lowest BCUT2D eigenvalue weighted by atomic mass is 10.2. The van der Waals surface area contributed by atoms with Crippen LogP contribution >= 0.6 is 11.8 Å². The van der Waals surface area contributed by atoms with Gasteiger partial charge in [-0.2, -0.15) is 11.8 Å². The fourth-order valence-electron chi connectivity index (χ4n) is 0.719. The molecule has 0 aromatic carbocycles. The van der Waals surface area contributed by atoms with Crippen LogP contribution in [-0.4, -0.2) is 29.7 Å². The van der Waals surface area contributed by atoms with Gasteiger partial charge in [-0.1, -0.05) is 6.92 Å². The first-order valence-electron chi connectivity index (χ1n) is 4.35. The van der Waals surface area contributed by atoms with Crippen molar-refractivity contribution in [2.24, 2.45) is 0 Å². The number of rotatable bonds is 6. The lowest BCUT2D eigenvalue weighted by Gasteiger charge is -2.08. The Morgan fingerprint density at radius 1 is 1.38 bits per heavy atom. The minimum Gasteiger partial charge on any atom is -0.355 e. The van der Waals surface area contributed by atoms with Crippen molar-refractivity contribution < 1.29 is 9.59 Å². The molecule has 4 heteroatoms. The second-order valence-corrected chi connectivity index (χ2v) is 4.33. The van der Waals surface area contributed by atoms with Crippen molar-refractivity contribution in [1.29, 1.82) is 0 Å². The lowest BCUT2D eigenvalue weighted by molar-refractivity contribution is -0.124. The largest absolute Gasteiger partial charge is 0.355 e. The molecule has 0 radical (unpaired) electrons. The molecule has 0 fully saturated rings. The summed E-state index contributed by atoms with van der Waals surface area (Å²) in [6.45, 7) is 4.23. The molecule has 1 N–H and O–H groups in total. The van der Waals surface area contributed by atoms with Crippen molar-refractivity contribution in [2.45, 2.75) is 31.9 Å². The van der Waals surface area contributed by atoms with E-state index in [0.717, 1.165) is 0 Å². The second kappa shape index (κ2) is 6.95. The van der Waals surface area contributed by atoms with E-state index in [4.69, 9.17) is 0 Å². The number of carbonyl (C=O) groups excluding carboxylic acids is 2. The third kappa shape index (κ3) is 7.84. The van der Waals surface area contributed by atoms with Crippen molar-refractivity contribution >= 4 is 23.5 Å². The monoisotopic (exact) mass is 203 g/mol. The van der Waals surface area contributed by atoms with E-state index < -0.39 is 0 Å². The number of nitrogens with one attached hydrogen (secondary N) is 1. The normalized spacial score (nSPS) is 12.2. The Bertz CT molecular complexity index is 182. The van der Waals surface area contributed by atoms with Gasteiger partial charge >= 0.3 is 0 Å². The fraction of sp³-hybridized carbons (Fsp3) is 0.778. The fourth-order valence-corrected chi connectivity index (χ4v) is 0.969. The molecule has 3 nitrogen and oxygen atoms in total. The maximum absolute atomic E-state index is 11.1. The van der Waals surface area contributed by atoms with E-state index in [2.05, 4.69) is 12.2 Å². The zero-order valence-corrected chi connectivity index (χ0v) is 9.24. The summed E-state index contributed by atoms with van der Waals surface area (Å²) in [7, 11) is 0. The summed E-state index contributed by atoms with van der Waals surface area (Å²) in [5, 5.41) is 3.21. The Labute approximate surface area is 83.7 Å². The van der Waals surface area contributed by atoms with E-state index in [9.17, 15) is 9.59 Å². The van der Waals surface area contributed by atoms with Crippen molar-refractivity contribution in [1.82, 2.24) is 5.32 Å². The minimum absolute atomic E-state index is 0.0314. The summed E-state index contributed by atoms with van der Waals surface area (Å²) in [6.07, 6.45) is 2.67. The average molecular weight is 203 g/mol. The van der Waals surface area contributed by atoms with Gasteiger partial charge in [-0.3, -0.25) is 4.79 Å². The van der Waals surface area contributed by atoms with Gasteiger partial charge in [0, 0.05) is 24.6 Å². The molecular weight excluding hydrogens is 186 g/mol. The first-order valence-corrected chi connectivity index (χ1v) is 5.64. The zero-order valence-electron chi connectivity index (χ0n) is 8.42. The molecule has 0 aliphatic carbocycles. The summed E-state index contributed by atoms with van der Waals surface area (Å²) in [5.41, 5.74) is 0. The molecule has 1 atom stereocenters. The van der Waals surface area contributed by atoms with Crippen LogP contribution in [0, 0.1) is 0 Å². The summed E-state index contributed by atoms with van der Waals surface area (Å²) in [5.74, 6) is 0.0316. The summed E-state index contributed by atoms with van der Waals surface area (Å²) in [4.78, 5) is 21.7. The lowest BCUT2D eigenvalue weighted by Crippen LogP contribution is -2.29. The van der Waals surface area contributed by atoms with Gasteiger partial charge in [0.25, 0.3) is 0 Å². The first kappa shape index (κ1) is 12.5. The molecule has 1 unspecified atom stereocenters. The molecule has 0 aliphatic heterocycles. The smallest absolute Gasteiger partial charge is 0.220 e. The van der Waals surface area contributed by atoms with Crippen LogP contribution in [0.5, 0.6) is 0 Å². The molecule has 0 spiro atoms. The van der Waals surface area contributed by atoms with Crippen LogP contribution in [0.1, 0.15) is 26.7 Å². The van der Waals surface area contributed by atoms with Crippen molar-refractivity contribution in [3.05, 3.63) is 0 Å². The third-order valence-corrected chi connectivity index (χ3v) is 2.66. The minimum atomic E-state index is -0.0314. The SMILES string of the molecule is CSC(C)CNC(=O)CCC(C)=O. The predicted molar refractivity (Wildman–Crippen MR) is 55.9 cm³/mol. The number of carbonyl (C=O) groups is 2. The summed E-state index contributed by atoms with van der Waals surface area (Å²) < 4.78 is 0. The van der Waals surface area contributed by atoms with Gasteiger partial charge in [0.05, 0.1) is 0 Å². The molecule has 0 saturated heterocycles. The topological polar surface area (TPSA) is 46.2 Å². The van der Waals surface area contributed by atoms with Crippen LogP contribution in [0.15, 0.2) is 0 Å². The highest BCUT2D eigenvalue weighted by Crippen LogP contribution is 2.02. The van der Waals surface area contributed by atoms with Crippen LogP contribution in [0.2, 0.25) is 0 Å². The molecule has 0 aromatic heterocycles. The van der Waals surface area contributed by atoms with Crippen LogP contribution in [-0.2, 0) is 9.59 Å². The third-order valence-electron chi connectivity index (χ3n) is 1.69. The molecule has 0 aliphatic rings. The molecule has 76 valence electrons. The predicted octanol–water partition coefficient (Wildman–Crippen LogP) is 1.22. The van der Waals surface area contributed by atoms with Gasteiger partial charge in [-0.15, -0.1) is 0 Å². The van der Waals surface area contributed by atoms with Gasteiger partial charge in [0.15, 0.2) is 0 Å². The summed E-state index contributed by atoms with van der Waals surface area (Å²) >= 11 is 1.71. The first-order chi connectivity index (χ1) is 6.06. The summed E-state index contributed by atoms with van der Waals surface area (Å²) in [6, 6.07) is 0. The van der Waals surface area contributed by atoms with Crippen LogP contribution < -0.4 is 5.32 Å². The molecule has 0 saturated carbocycles. The van der Waals surface area contributed by atoms with Gasteiger partial charge in [-0.25, -0.2) is 0 Å². The van der Waals surface area contributed by atoms with E-state index in [1.54, 1.807) is 11.8 Å². The number of thioether (sulfide) groups is 1. The number of ketones is 1. The molecule has 0 rings (SSSR count). The highest BCUT2D eigenvalue weighted by Gasteiger charge is 2.04. The van der Waals surface area contributed by atoms with Crippen LogP contribution in [0.3, 0.4) is 0 Å². The Hall–Kier alpha value is -0.510. The average Bonchev–Trinajstić information content (AvgIpc) is 2.10. The van der Waals surface area contributed by atoms with Gasteiger partial charge < -0.3 is 10.1 Å². The molecule has 0 bridgehead atoms. The van der Waals surface area contributed by atoms with E-state index in [0.29, 0.717) is 24.6 Å². The maximum atomic E-state index is 11.1. The van der Waals surface area contributed by atoms with Crippen LogP contribution in [0.25, 0.3) is 0 Å². The molecule has 13 heavy (non-hydrogen) atoms. The van der Waals surface area contributed by atoms with Gasteiger partial charge in [0.2, 0.25) is 5.91 Å². The van der Waals surface area contributed by atoms with E-state index >= 15 is 0 Å². The quantitative estimate of drug-likeness (QED) is 0.706. The molecule has 0 heterocycles. The molecule has 0 aromatic rings. The van der Waals surface area contributed by atoms with E-state index in [1.165, 1.54) is 6.92 Å². The number of hydrogen-bond acceptors (Lipinski definition) is 3. The van der Waals surface area contributed by atoms with Crippen molar-refractivity contribution in [3.63, 3.8) is 0 Å². The van der Waals surface area contributed by atoms with Crippen molar-refractivity contribution in [2.75, 3.05) is 12.8 Å². The van der Waals surface area contributed by atoms with Gasteiger partial charge in [0.1, 0.15) is 5.78 Å². The van der Waals surface area contributed by atoms with E-state index in [-0.39, 0.29) is 11.7 Å². The van der Waals surface area contributed by atoms with E-state index in [1.807, 2.05) is 6.26 Å². The number of Topliss-reactive ketones (excluding diaryl/α,β-unsaturated/α-hetero) is 1. The number of amides is 1. The highest BCUT2D eigenvalue weighted by atomic mass is 32.2. The molecule has 1 amide bonds. The second-order valence-electron chi connectivity index (χ2n) is 3.05. The van der Waals surface area contributed by atoms with Crippen LogP contribution in [0.4, 0.5) is 0 Å². The maximum Gasteiger partial charge on any atom is 0.220 e. The Balaban J connectivity index is 3.46. The highest BCUT2D eigenvalue weighted by molar-refractivity contribution is 7.99. The Morgan fingerprint density at radius 3 is 2.46 bits per heavy atom. The Kier molecular flexibility index (Phi) is 6.68. The standard InChI is InChI=1S/C9H17NO2S/c1-7(11)4-5-9(12)10-6-8(2)13-3/h8H,4-6H2,1-3H3,(H,10,12). The Morgan fingerprint density at radius 2 is 2.00 bits per heavy atom.